The lowest BCUT2D eigenvalue weighted by Crippen LogP contribution is -2.34. The highest BCUT2D eigenvalue weighted by molar-refractivity contribution is 6.31. The molecule has 0 bridgehead atoms. The molecule has 0 unspecified atom stereocenters. The minimum atomic E-state index is -0.616. The van der Waals surface area contributed by atoms with Crippen LogP contribution >= 0.6 is 11.6 Å². The van der Waals surface area contributed by atoms with E-state index in [-0.39, 0.29) is 24.9 Å². The number of aryl methyl sites for hydroxylation is 3. The number of nitrogens with one attached hydrogen (secondary N) is 1. The zero-order valence-electron chi connectivity index (χ0n) is 15.9. The summed E-state index contributed by atoms with van der Waals surface area (Å²) in [4.78, 5) is 12.1. The highest BCUT2D eigenvalue weighted by Gasteiger charge is 2.48. The van der Waals surface area contributed by atoms with E-state index in [1.54, 1.807) is 0 Å². The van der Waals surface area contributed by atoms with Gasteiger partial charge in [-0.05, 0) is 24.6 Å². The lowest BCUT2D eigenvalue weighted by Gasteiger charge is -2.15. The molecule has 4 atom stereocenters. The highest BCUT2D eigenvalue weighted by atomic mass is 35.5. The molecule has 0 aliphatic carbocycles. The standard InChI is InChI=1S/C20H22ClN3O5/c1-2-10-3-4-11(28-10)5-6-13-12(21)7-14-19(22-13)24-20(23-14)29-16-9-27-17-15(25)8-26-18(16)17/h3-4,7,15-18,25H,2,5-6,8-9H2,1H3,(H,22,23,24)/t15-,16-,17-,18-/m1/s1. The Bertz CT molecular complexity index is 1020. The van der Waals surface area contributed by atoms with Crippen LogP contribution < -0.4 is 4.74 Å². The molecule has 2 aliphatic heterocycles. The molecule has 2 fully saturated rings. The number of aliphatic hydroxyl groups excluding tert-OH is 1. The Labute approximate surface area is 172 Å². The van der Waals surface area contributed by atoms with Crippen molar-refractivity contribution < 1.29 is 23.7 Å². The largest absolute Gasteiger partial charge is 0.466 e. The molecule has 9 heteroatoms. The zero-order chi connectivity index (χ0) is 20.0. The number of aromatic amines is 1. The predicted molar refractivity (Wildman–Crippen MR) is 104 cm³/mol. The molecule has 2 N–H and O–H groups in total. The zero-order valence-corrected chi connectivity index (χ0v) is 16.7. The van der Waals surface area contributed by atoms with Gasteiger partial charge in [-0.3, -0.25) is 0 Å². The number of H-pyrrole nitrogens is 1. The number of hydrogen-bond acceptors (Lipinski definition) is 7. The van der Waals surface area contributed by atoms with E-state index in [4.69, 9.17) is 30.2 Å². The van der Waals surface area contributed by atoms with Crippen LogP contribution in [-0.2, 0) is 28.7 Å². The van der Waals surface area contributed by atoms with E-state index in [1.165, 1.54) is 0 Å². The lowest BCUT2D eigenvalue weighted by atomic mass is 10.1. The number of halogens is 1. The van der Waals surface area contributed by atoms with Gasteiger partial charge in [0.1, 0.15) is 29.8 Å². The molecule has 2 saturated heterocycles. The molecular formula is C20H22ClN3O5. The van der Waals surface area contributed by atoms with Gasteiger partial charge >= 0.3 is 0 Å². The fourth-order valence-electron chi connectivity index (χ4n) is 3.84. The lowest BCUT2D eigenvalue weighted by molar-refractivity contribution is 0.00706. The number of aliphatic hydroxyl groups is 1. The molecule has 0 spiro atoms. The van der Waals surface area contributed by atoms with Gasteiger partial charge in [-0.15, -0.1) is 0 Å². The van der Waals surface area contributed by atoms with Crippen molar-refractivity contribution in [3.8, 4) is 6.01 Å². The summed E-state index contributed by atoms with van der Waals surface area (Å²) in [5.41, 5.74) is 2.00. The summed E-state index contributed by atoms with van der Waals surface area (Å²) in [6.45, 7) is 2.65. The molecule has 3 aromatic rings. The number of aromatic nitrogens is 3. The number of imidazole rings is 1. The first kappa shape index (κ1) is 18.9. The Morgan fingerprint density at radius 3 is 2.83 bits per heavy atom. The van der Waals surface area contributed by atoms with Gasteiger partial charge in [-0.2, -0.15) is 4.98 Å². The van der Waals surface area contributed by atoms with Crippen molar-refractivity contribution in [1.29, 1.82) is 0 Å². The number of furan rings is 1. The van der Waals surface area contributed by atoms with Crippen LogP contribution in [0.1, 0.15) is 24.1 Å². The Morgan fingerprint density at radius 2 is 2.00 bits per heavy atom. The van der Waals surface area contributed by atoms with E-state index in [0.717, 1.165) is 23.6 Å². The Hall–Kier alpha value is -2.13. The number of fused-ring (bicyclic) bond motifs is 2. The van der Waals surface area contributed by atoms with Gasteiger partial charge in [0.2, 0.25) is 0 Å². The minimum absolute atomic E-state index is 0.255. The van der Waals surface area contributed by atoms with Gasteiger partial charge in [0.25, 0.3) is 6.01 Å². The first-order valence-corrected chi connectivity index (χ1v) is 10.2. The quantitative estimate of drug-likeness (QED) is 0.632. The van der Waals surface area contributed by atoms with Crippen molar-refractivity contribution in [2.24, 2.45) is 0 Å². The Kier molecular flexibility index (Phi) is 4.95. The fraction of sp³-hybridized carbons (Fsp3) is 0.500. The van der Waals surface area contributed by atoms with E-state index in [2.05, 4.69) is 21.9 Å². The summed E-state index contributed by atoms with van der Waals surface area (Å²) in [6.07, 6.45) is 0.645. The van der Waals surface area contributed by atoms with Crippen LogP contribution in [0.5, 0.6) is 6.01 Å². The smallest absolute Gasteiger partial charge is 0.296 e. The number of hydrogen-bond donors (Lipinski definition) is 2. The number of ether oxygens (including phenoxy) is 3. The summed E-state index contributed by atoms with van der Waals surface area (Å²) in [5, 5.41) is 10.4. The van der Waals surface area contributed by atoms with Crippen molar-refractivity contribution in [2.75, 3.05) is 13.2 Å². The Balaban J connectivity index is 1.30. The van der Waals surface area contributed by atoms with Gasteiger partial charge in [-0.1, -0.05) is 18.5 Å². The third kappa shape index (κ3) is 3.61. The number of rotatable bonds is 6. The number of nitrogens with zero attached hydrogens (tertiary/aromatic N) is 2. The number of pyridine rings is 1. The third-order valence-corrected chi connectivity index (χ3v) is 5.72. The second-order valence-corrected chi connectivity index (χ2v) is 7.78. The SMILES string of the molecule is CCc1ccc(CCc2nc3nc(O[C@@H]4CO[C@H]5[C@@H]4OC[C@H]5O)[nH]c3cc2Cl)o1. The molecule has 29 heavy (non-hydrogen) atoms. The Morgan fingerprint density at radius 1 is 1.17 bits per heavy atom. The van der Waals surface area contributed by atoms with Gasteiger partial charge in [0.05, 0.1) is 29.4 Å². The van der Waals surface area contributed by atoms with E-state index in [9.17, 15) is 5.11 Å². The summed E-state index contributed by atoms with van der Waals surface area (Å²) in [5.74, 6) is 1.89. The van der Waals surface area contributed by atoms with Crippen molar-refractivity contribution in [2.45, 2.75) is 50.6 Å². The molecule has 0 saturated carbocycles. The normalized spacial score (nSPS) is 26.3. The second-order valence-electron chi connectivity index (χ2n) is 7.37. The average molecular weight is 420 g/mol. The first-order chi connectivity index (χ1) is 14.1. The molecule has 3 aromatic heterocycles. The topological polar surface area (TPSA) is 103 Å². The molecule has 0 amide bonds. The molecular weight excluding hydrogens is 398 g/mol. The van der Waals surface area contributed by atoms with Crippen LogP contribution in [-0.4, -0.2) is 57.7 Å². The van der Waals surface area contributed by atoms with E-state index < -0.39 is 6.10 Å². The van der Waals surface area contributed by atoms with Crippen LogP contribution in [0.2, 0.25) is 5.02 Å². The fourth-order valence-corrected chi connectivity index (χ4v) is 4.09. The maximum Gasteiger partial charge on any atom is 0.296 e. The van der Waals surface area contributed by atoms with Crippen molar-refractivity contribution in [3.05, 3.63) is 40.4 Å². The average Bonchev–Trinajstić information content (AvgIpc) is 3.47. The molecule has 8 nitrogen and oxygen atoms in total. The molecule has 154 valence electrons. The van der Waals surface area contributed by atoms with Crippen molar-refractivity contribution >= 4 is 22.8 Å². The third-order valence-electron chi connectivity index (χ3n) is 5.40. The maximum absolute atomic E-state index is 9.85. The monoisotopic (exact) mass is 419 g/mol. The summed E-state index contributed by atoms with van der Waals surface area (Å²) < 4.78 is 22.8. The summed E-state index contributed by atoms with van der Waals surface area (Å²) in [7, 11) is 0. The van der Waals surface area contributed by atoms with Gasteiger partial charge in [0, 0.05) is 12.8 Å². The van der Waals surface area contributed by atoms with E-state index in [0.29, 0.717) is 41.6 Å². The van der Waals surface area contributed by atoms with Gasteiger partial charge in [0.15, 0.2) is 11.8 Å². The maximum atomic E-state index is 9.85. The summed E-state index contributed by atoms with van der Waals surface area (Å²) >= 11 is 6.42. The molecule has 5 rings (SSSR count). The minimum Gasteiger partial charge on any atom is -0.466 e. The molecule has 0 radical (unpaired) electrons. The van der Waals surface area contributed by atoms with Crippen molar-refractivity contribution in [1.82, 2.24) is 15.0 Å². The van der Waals surface area contributed by atoms with E-state index >= 15 is 0 Å². The molecule has 5 heterocycles. The van der Waals surface area contributed by atoms with Crippen LogP contribution in [0, 0.1) is 0 Å². The van der Waals surface area contributed by atoms with Crippen LogP contribution in [0.3, 0.4) is 0 Å². The van der Waals surface area contributed by atoms with Crippen LogP contribution in [0.15, 0.2) is 22.6 Å². The van der Waals surface area contributed by atoms with Gasteiger partial charge < -0.3 is 28.7 Å². The van der Waals surface area contributed by atoms with Gasteiger partial charge in [-0.25, -0.2) is 4.98 Å². The van der Waals surface area contributed by atoms with E-state index in [1.807, 2.05) is 18.2 Å². The molecule has 0 aromatic carbocycles. The molecule has 2 aliphatic rings. The van der Waals surface area contributed by atoms with Crippen molar-refractivity contribution in [3.63, 3.8) is 0 Å². The van der Waals surface area contributed by atoms with Crippen LogP contribution in [0.25, 0.3) is 11.2 Å². The predicted octanol–water partition coefficient (Wildman–Crippen LogP) is 2.46. The second kappa shape index (κ2) is 7.60. The summed E-state index contributed by atoms with van der Waals surface area (Å²) in [6, 6.07) is 6.13. The highest BCUT2D eigenvalue weighted by Crippen LogP contribution is 2.30. The first-order valence-electron chi connectivity index (χ1n) is 9.81. The van der Waals surface area contributed by atoms with Crippen LogP contribution in [0.4, 0.5) is 0 Å².